The summed E-state index contributed by atoms with van der Waals surface area (Å²) in [5, 5.41) is 13.8. The summed E-state index contributed by atoms with van der Waals surface area (Å²) < 4.78 is 2.08. The molecule has 1 N–H and O–H groups in total. The van der Waals surface area contributed by atoms with Gasteiger partial charge in [0.25, 0.3) is 5.56 Å². The Hall–Kier alpha value is -3.14. The molecule has 10 heteroatoms. The van der Waals surface area contributed by atoms with Crippen molar-refractivity contribution in [3.8, 4) is 0 Å². The lowest BCUT2D eigenvalue weighted by Gasteiger charge is -2.08. The molecule has 132 valence electrons. The fourth-order valence-corrected chi connectivity index (χ4v) is 2.72. The Labute approximate surface area is 155 Å². The number of aryl methyl sites for hydroxylation is 1. The van der Waals surface area contributed by atoms with Crippen molar-refractivity contribution < 1.29 is 9.72 Å². The average molecular weight is 418 g/mol. The Bertz CT molecular complexity index is 1070. The van der Waals surface area contributed by atoms with E-state index in [1.165, 1.54) is 23.2 Å². The molecule has 0 fully saturated rings. The fourth-order valence-electron chi connectivity index (χ4n) is 2.36. The minimum absolute atomic E-state index is 0.0411. The number of rotatable bonds is 5. The van der Waals surface area contributed by atoms with Crippen LogP contribution in [0.15, 0.2) is 52.3 Å². The molecule has 0 saturated carbocycles. The average Bonchev–Trinajstić information content (AvgIpc) is 2.62. The first-order chi connectivity index (χ1) is 12.5. The molecule has 0 spiro atoms. The third-order valence-electron chi connectivity index (χ3n) is 3.64. The number of nitro groups is 1. The minimum Gasteiger partial charge on any atom is -0.320 e. The van der Waals surface area contributed by atoms with E-state index < -0.39 is 10.8 Å². The Morgan fingerprint density at radius 2 is 2.15 bits per heavy atom. The van der Waals surface area contributed by atoms with Gasteiger partial charge in [0.1, 0.15) is 11.9 Å². The van der Waals surface area contributed by atoms with Gasteiger partial charge in [-0.3, -0.25) is 29.3 Å². The predicted molar refractivity (Wildman–Crippen MR) is 97.8 cm³/mol. The number of anilines is 1. The summed E-state index contributed by atoms with van der Waals surface area (Å²) in [4.78, 5) is 42.7. The number of carbonyl (C=O) groups excluding carboxylic acids is 1. The third-order valence-corrected chi connectivity index (χ3v) is 4.13. The molecule has 0 saturated heterocycles. The molecular formula is C16H12BrN5O4. The van der Waals surface area contributed by atoms with Crippen LogP contribution in [0.1, 0.15) is 6.42 Å². The number of nitrogens with zero attached hydrogens (tertiary/aromatic N) is 4. The van der Waals surface area contributed by atoms with E-state index in [1.807, 2.05) is 0 Å². The summed E-state index contributed by atoms with van der Waals surface area (Å²) in [7, 11) is 0. The van der Waals surface area contributed by atoms with Crippen LogP contribution in [0.25, 0.3) is 10.9 Å². The fraction of sp³-hybridized carbons (Fsp3) is 0.125. The molecule has 9 nitrogen and oxygen atoms in total. The molecule has 3 rings (SSSR count). The molecule has 0 atom stereocenters. The Morgan fingerprint density at radius 3 is 2.92 bits per heavy atom. The lowest BCUT2D eigenvalue weighted by molar-refractivity contribution is -0.384. The van der Waals surface area contributed by atoms with Crippen molar-refractivity contribution >= 4 is 44.1 Å². The molecule has 26 heavy (non-hydrogen) atoms. The van der Waals surface area contributed by atoms with Gasteiger partial charge in [-0.2, -0.15) is 0 Å². The summed E-state index contributed by atoms with van der Waals surface area (Å²) >= 11 is 3.31. The largest absolute Gasteiger partial charge is 0.320 e. The maximum absolute atomic E-state index is 12.5. The molecule has 2 heterocycles. The van der Waals surface area contributed by atoms with E-state index >= 15 is 0 Å². The molecule has 1 aromatic carbocycles. The minimum atomic E-state index is -0.627. The molecule has 2 aromatic heterocycles. The summed E-state index contributed by atoms with van der Waals surface area (Å²) in [6.45, 7) is 0.0962. The highest BCUT2D eigenvalue weighted by molar-refractivity contribution is 9.10. The summed E-state index contributed by atoms with van der Waals surface area (Å²) in [5.41, 5.74) is 0.0588. The van der Waals surface area contributed by atoms with Crippen LogP contribution in [-0.4, -0.2) is 25.4 Å². The highest BCUT2D eigenvalue weighted by Crippen LogP contribution is 2.22. The van der Waals surface area contributed by atoms with Crippen molar-refractivity contribution in [2.45, 2.75) is 13.0 Å². The number of hydrogen-bond acceptors (Lipinski definition) is 6. The maximum Gasteiger partial charge on any atom is 0.310 e. The van der Waals surface area contributed by atoms with E-state index in [0.29, 0.717) is 10.9 Å². The van der Waals surface area contributed by atoms with Crippen LogP contribution in [0.3, 0.4) is 0 Å². The SMILES string of the molecule is O=C(CCn1cnc2ccc(Br)cc2c1=O)Nc1ccncc1[N+](=O)[O-]. The zero-order valence-corrected chi connectivity index (χ0v) is 14.8. The summed E-state index contributed by atoms with van der Waals surface area (Å²) in [6, 6.07) is 6.52. The van der Waals surface area contributed by atoms with Gasteiger partial charge >= 0.3 is 5.69 Å². The van der Waals surface area contributed by atoms with Gasteiger partial charge in [-0.15, -0.1) is 0 Å². The van der Waals surface area contributed by atoms with Crippen LogP contribution in [0, 0.1) is 10.1 Å². The Morgan fingerprint density at radius 1 is 1.35 bits per heavy atom. The van der Waals surface area contributed by atoms with Crippen molar-refractivity contribution in [3.63, 3.8) is 0 Å². The second kappa shape index (κ2) is 7.40. The number of aromatic nitrogens is 3. The highest BCUT2D eigenvalue weighted by Gasteiger charge is 2.15. The van der Waals surface area contributed by atoms with Gasteiger partial charge in [-0.05, 0) is 24.3 Å². The van der Waals surface area contributed by atoms with Gasteiger partial charge < -0.3 is 5.32 Å². The van der Waals surface area contributed by atoms with Gasteiger partial charge in [-0.1, -0.05) is 15.9 Å². The van der Waals surface area contributed by atoms with Crippen molar-refractivity contribution in [3.05, 3.63) is 67.9 Å². The zero-order chi connectivity index (χ0) is 18.7. The molecule has 0 aliphatic heterocycles. The number of pyridine rings is 1. The first-order valence-electron chi connectivity index (χ1n) is 7.48. The van der Waals surface area contributed by atoms with Gasteiger partial charge in [-0.25, -0.2) is 4.98 Å². The number of amides is 1. The summed E-state index contributed by atoms with van der Waals surface area (Å²) in [6.07, 6.45) is 3.74. The van der Waals surface area contributed by atoms with Crippen molar-refractivity contribution in [2.75, 3.05) is 5.32 Å². The van der Waals surface area contributed by atoms with Crippen LogP contribution >= 0.6 is 15.9 Å². The number of halogens is 1. The van der Waals surface area contributed by atoms with Crippen LogP contribution in [0.2, 0.25) is 0 Å². The standard InChI is InChI=1S/C16H12BrN5O4/c17-10-1-2-12-11(7-10)16(24)21(9-19-12)6-4-15(23)20-13-3-5-18-8-14(13)22(25)26/h1-3,5,7-9H,4,6H2,(H,18,20,23). The monoisotopic (exact) mass is 417 g/mol. The van der Waals surface area contributed by atoms with Crippen LogP contribution in [0.5, 0.6) is 0 Å². The van der Waals surface area contributed by atoms with E-state index in [0.717, 1.165) is 10.7 Å². The van der Waals surface area contributed by atoms with Crippen molar-refractivity contribution in [1.82, 2.24) is 14.5 Å². The molecular weight excluding hydrogens is 406 g/mol. The highest BCUT2D eigenvalue weighted by atomic mass is 79.9. The van der Waals surface area contributed by atoms with E-state index in [4.69, 9.17) is 0 Å². The van der Waals surface area contributed by atoms with E-state index in [-0.39, 0.29) is 29.9 Å². The van der Waals surface area contributed by atoms with E-state index in [9.17, 15) is 19.7 Å². The first kappa shape index (κ1) is 17.7. The van der Waals surface area contributed by atoms with Crippen LogP contribution in [0.4, 0.5) is 11.4 Å². The predicted octanol–water partition coefficient (Wildman–Crippen LogP) is 2.49. The Kier molecular flexibility index (Phi) is 5.03. The molecule has 0 aliphatic rings. The van der Waals surface area contributed by atoms with Crippen molar-refractivity contribution in [1.29, 1.82) is 0 Å². The quantitative estimate of drug-likeness (QED) is 0.502. The molecule has 3 aromatic rings. The third kappa shape index (κ3) is 3.75. The van der Waals surface area contributed by atoms with E-state index in [1.54, 1.807) is 18.2 Å². The van der Waals surface area contributed by atoms with Crippen molar-refractivity contribution in [2.24, 2.45) is 0 Å². The molecule has 0 bridgehead atoms. The lowest BCUT2D eigenvalue weighted by Crippen LogP contribution is -2.23. The van der Waals surface area contributed by atoms with Gasteiger partial charge in [0, 0.05) is 23.6 Å². The lowest BCUT2D eigenvalue weighted by atomic mass is 10.2. The topological polar surface area (TPSA) is 120 Å². The van der Waals surface area contributed by atoms with Gasteiger partial charge in [0.2, 0.25) is 5.91 Å². The first-order valence-corrected chi connectivity index (χ1v) is 8.28. The van der Waals surface area contributed by atoms with Crippen LogP contribution < -0.4 is 10.9 Å². The van der Waals surface area contributed by atoms with E-state index in [2.05, 4.69) is 31.2 Å². The maximum atomic E-state index is 12.5. The molecule has 1 amide bonds. The smallest absolute Gasteiger partial charge is 0.310 e. The van der Waals surface area contributed by atoms with Gasteiger partial charge in [0.05, 0.1) is 22.2 Å². The number of benzene rings is 1. The molecule has 0 aliphatic carbocycles. The van der Waals surface area contributed by atoms with Gasteiger partial charge in [0.15, 0.2) is 0 Å². The number of fused-ring (bicyclic) bond motifs is 1. The second-order valence-corrected chi connectivity index (χ2v) is 6.27. The normalized spacial score (nSPS) is 10.7. The number of carbonyl (C=O) groups is 1. The summed E-state index contributed by atoms with van der Waals surface area (Å²) in [5.74, 6) is -0.458. The zero-order valence-electron chi connectivity index (χ0n) is 13.3. The molecule has 0 radical (unpaired) electrons. The van der Waals surface area contributed by atoms with Crippen LogP contribution in [-0.2, 0) is 11.3 Å². The molecule has 0 unspecified atom stereocenters. The Balaban J connectivity index is 1.74. The second-order valence-electron chi connectivity index (χ2n) is 5.35. The number of nitrogens with one attached hydrogen (secondary N) is 1. The number of hydrogen-bond donors (Lipinski definition) is 1.